The zero-order valence-electron chi connectivity index (χ0n) is 14.4. The van der Waals surface area contributed by atoms with Crippen LogP contribution in [0.2, 0.25) is 10.0 Å². The first-order chi connectivity index (χ1) is 13.5. The van der Waals surface area contributed by atoms with Crippen LogP contribution in [0.25, 0.3) is 17.4 Å². The molecule has 1 aromatic heterocycles. The minimum atomic E-state index is -0.394. The Morgan fingerprint density at radius 3 is 2.57 bits per heavy atom. The number of rotatable bonds is 5. The molecule has 2 aromatic carbocycles. The molecule has 0 aliphatic carbocycles. The SMILES string of the molecule is O=C(/C=C/c1ccc(-c2ccc(Cl)cc2Cl)o1)NC(=S)NNc1ccccc1. The molecule has 0 aliphatic rings. The van der Waals surface area contributed by atoms with Gasteiger partial charge in [-0.05, 0) is 60.8 Å². The molecular weight excluding hydrogens is 417 g/mol. The average Bonchev–Trinajstić information content (AvgIpc) is 3.14. The smallest absolute Gasteiger partial charge is 0.250 e. The topological polar surface area (TPSA) is 66.3 Å². The molecule has 0 aliphatic heterocycles. The summed E-state index contributed by atoms with van der Waals surface area (Å²) in [4.78, 5) is 12.0. The van der Waals surface area contributed by atoms with E-state index in [2.05, 4.69) is 16.2 Å². The third kappa shape index (κ3) is 5.60. The second-order valence-electron chi connectivity index (χ2n) is 5.59. The van der Waals surface area contributed by atoms with Crippen LogP contribution >= 0.6 is 35.4 Å². The minimum absolute atomic E-state index is 0.145. The Morgan fingerprint density at radius 2 is 1.82 bits per heavy atom. The summed E-state index contributed by atoms with van der Waals surface area (Å²) in [6, 6.07) is 18.0. The number of hydrogen-bond acceptors (Lipinski definition) is 4. The van der Waals surface area contributed by atoms with E-state index in [1.165, 1.54) is 12.2 Å². The average molecular weight is 432 g/mol. The molecule has 0 unspecified atom stereocenters. The first kappa shape index (κ1) is 19.9. The zero-order valence-corrected chi connectivity index (χ0v) is 16.7. The summed E-state index contributed by atoms with van der Waals surface area (Å²) < 4.78 is 5.70. The van der Waals surface area contributed by atoms with Gasteiger partial charge in [0.1, 0.15) is 11.5 Å². The maximum absolute atomic E-state index is 12.0. The molecule has 0 bridgehead atoms. The van der Waals surface area contributed by atoms with Crippen LogP contribution in [0.1, 0.15) is 5.76 Å². The van der Waals surface area contributed by atoms with E-state index >= 15 is 0 Å². The Labute approximate surface area is 177 Å². The highest BCUT2D eigenvalue weighted by molar-refractivity contribution is 7.80. The predicted molar refractivity (Wildman–Crippen MR) is 117 cm³/mol. The van der Waals surface area contributed by atoms with Gasteiger partial charge in [0.2, 0.25) is 5.91 Å². The fraction of sp³-hybridized carbons (Fsp3) is 0. The van der Waals surface area contributed by atoms with Crippen molar-refractivity contribution in [2.45, 2.75) is 0 Å². The second kappa shape index (κ2) is 9.41. The van der Waals surface area contributed by atoms with Crippen molar-refractivity contribution in [1.29, 1.82) is 0 Å². The van der Waals surface area contributed by atoms with Gasteiger partial charge in [-0.3, -0.25) is 21.0 Å². The third-order valence-electron chi connectivity index (χ3n) is 3.55. The molecule has 0 fully saturated rings. The molecule has 5 nitrogen and oxygen atoms in total. The number of furan rings is 1. The van der Waals surface area contributed by atoms with Crippen molar-refractivity contribution in [2.24, 2.45) is 0 Å². The van der Waals surface area contributed by atoms with Gasteiger partial charge >= 0.3 is 0 Å². The van der Waals surface area contributed by atoms with Crippen LogP contribution in [0.3, 0.4) is 0 Å². The number of carbonyl (C=O) groups is 1. The first-order valence-electron chi connectivity index (χ1n) is 8.16. The number of benzene rings is 2. The van der Waals surface area contributed by atoms with Crippen LogP contribution in [-0.2, 0) is 4.79 Å². The van der Waals surface area contributed by atoms with E-state index in [-0.39, 0.29) is 5.11 Å². The summed E-state index contributed by atoms with van der Waals surface area (Å²) in [5.74, 6) is 0.679. The van der Waals surface area contributed by atoms with Gasteiger partial charge in [0.25, 0.3) is 0 Å². The number of carbonyl (C=O) groups excluding carboxylic acids is 1. The fourth-order valence-electron chi connectivity index (χ4n) is 2.27. The highest BCUT2D eigenvalue weighted by Gasteiger charge is 2.08. The molecule has 142 valence electrons. The van der Waals surface area contributed by atoms with Crippen LogP contribution in [0.15, 0.2) is 71.2 Å². The standard InChI is InChI=1S/C20H15Cl2N3O2S/c21-13-6-9-16(17(22)12-13)18-10-7-15(27-18)8-11-19(26)23-20(28)25-24-14-4-2-1-3-5-14/h1-12,24H,(H2,23,25,26,28)/b11-8+. The number of amides is 1. The molecule has 1 heterocycles. The summed E-state index contributed by atoms with van der Waals surface area (Å²) in [5.41, 5.74) is 7.15. The van der Waals surface area contributed by atoms with Crippen molar-refractivity contribution in [3.05, 3.63) is 82.5 Å². The number of para-hydroxylation sites is 1. The third-order valence-corrected chi connectivity index (χ3v) is 4.31. The Hall–Kier alpha value is -2.80. The molecule has 3 N–H and O–H groups in total. The zero-order chi connectivity index (χ0) is 19.9. The molecule has 0 atom stereocenters. The van der Waals surface area contributed by atoms with Gasteiger partial charge in [-0.1, -0.05) is 41.4 Å². The van der Waals surface area contributed by atoms with Gasteiger partial charge in [0, 0.05) is 16.7 Å². The van der Waals surface area contributed by atoms with Gasteiger partial charge in [0.05, 0.1) is 10.7 Å². The van der Waals surface area contributed by atoms with Crippen LogP contribution < -0.4 is 16.2 Å². The molecule has 3 rings (SSSR count). The van der Waals surface area contributed by atoms with Crippen molar-refractivity contribution < 1.29 is 9.21 Å². The lowest BCUT2D eigenvalue weighted by Crippen LogP contribution is -2.41. The van der Waals surface area contributed by atoms with Crippen molar-refractivity contribution in [1.82, 2.24) is 10.7 Å². The summed E-state index contributed by atoms with van der Waals surface area (Å²) in [6.07, 6.45) is 2.86. The number of hydrogen-bond donors (Lipinski definition) is 3. The van der Waals surface area contributed by atoms with Crippen molar-refractivity contribution in [3.8, 4) is 11.3 Å². The van der Waals surface area contributed by atoms with Gasteiger partial charge in [-0.2, -0.15) is 0 Å². The molecule has 0 saturated carbocycles. The van der Waals surface area contributed by atoms with Gasteiger partial charge in [0.15, 0.2) is 5.11 Å². The Morgan fingerprint density at radius 1 is 1.04 bits per heavy atom. The maximum Gasteiger partial charge on any atom is 0.250 e. The molecule has 28 heavy (non-hydrogen) atoms. The fourth-order valence-corrected chi connectivity index (χ4v) is 2.92. The Kier molecular flexibility index (Phi) is 6.71. The van der Waals surface area contributed by atoms with E-state index in [9.17, 15) is 4.79 Å². The molecule has 1 amide bonds. The van der Waals surface area contributed by atoms with Crippen LogP contribution in [0, 0.1) is 0 Å². The predicted octanol–water partition coefficient (Wildman–Crippen LogP) is 5.28. The van der Waals surface area contributed by atoms with Crippen molar-refractivity contribution in [3.63, 3.8) is 0 Å². The molecule has 3 aromatic rings. The molecule has 0 spiro atoms. The van der Waals surface area contributed by atoms with Gasteiger partial charge in [-0.25, -0.2) is 0 Å². The number of halogens is 2. The van der Waals surface area contributed by atoms with E-state index in [0.29, 0.717) is 27.1 Å². The van der Waals surface area contributed by atoms with E-state index in [0.717, 1.165) is 5.69 Å². The van der Waals surface area contributed by atoms with E-state index in [4.69, 9.17) is 39.8 Å². The second-order valence-corrected chi connectivity index (χ2v) is 6.85. The van der Waals surface area contributed by atoms with Crippen molar-refractivity contribution in [2.75, 3.05) is 5.43 Å². The minimum Gasteiger partial charge on any atom is -0.457 e. The van der Waals surface area contributed by atoms with Crippen molar-refractivity contribution >= 4 is 58.2 Å². The van der Waals surface area contributed by atoms with E-state index in [1.54, 1.807) is 30.3 Å². The molecule has 8 heteroatoms. The largest absolute Gasteiger partial charge is 0.457 e. The number of hydrazine groups is 1. The van der Waals surface area contributed by atoms with Crippen LogP contribution in [-0.4, -0.2) is 11.0 Å². The summed E-state index contributed by atoms with van der Waals surface area (Å²) in [6.45, 7) is 0. The Bertz CT molecular complexity index is 1020. The lowest BCUT2D eigenvalue weighted by molar-refractivity contribution is -0.115. The van der Waals surface area contributed by atoms with Crippen LogP contribution in [0.5, 0.6) is 0 Å². The van der Waals surface area contributed by atoms with Crippen LogP contribution in [0.4, 0.5) is 5.69 Å². The monoisotopic (exact) mass is 431 g/mol. The lowest BCUT2D eigenvalue weighted by Gasteiger charge is -2.10. The lowest BCUT2D eigenvalue weighted by atomic mass is 10.2. The molecule has 0 saturated heterocycles. The normalized spacial score (nSPS) is 10.6. The molecular formula is C20H15Cl2N3O2S. The first-order valence-corrected chi connectivity index (χ1v) is 9.33. The van der Waals surface area contributed by atoms with E-state index < -0.39 is 5.91 Å². The van der Waals surface area contributed by atoms with Gasteiger partial charge in [-0.15, -0.1) is 0 Å². The van der Waals surface area contributed by atoms with E-state index in [1.807, 2.05) is 30.3 Å². The van der Waals surface area contributed by atoms with Gasteiger partial charge < -0.3 is 4.42 Å². The summed E-state index contributed by atoms with van der Waals surface area (Å²) in [7, 11) is 0. The summed E-state index contributed by atoms with van der Waals surface area (Å²) >= 11 is 17.1. The highest BCUT2D eigenvalue weighted by atomic mass is 35.5. The number of thiocarbonyl (C=S) groups is 1. The number of nitrogens with one attached hydrogen (secondary N) is 3. The number of anilines is 1. The quantitative estimate of drug-likeness (QED) is 0.291. The molecule has 0 radical (unpaired) electrons. The summed E-state index contributed by atoms with van der Waals surface area (Å²) in [5, 5.41) is 3.70. The highest BCUT2D eigenvalue weighted by Crippen LogP contribution is 2.31. The Balaban J connectivity index is 1.54. The maximum atomic E-state index is 12.0.